The molecule has 3 aliphatic rings. The van der Waals surface area contributed by atoms with Gasteiger partial charge in [0.1, 0.15) is 18.8 Å². The van der Waals surface area contributed by atoms with Gasteiger partial charge in [-0.1, -0.05) is 30.3 Å². The third-order valence-electron chi connectivity index (χ3n) is 4.82. The first-order valence-corrected chi connectivity index (χ1v) is 8.41. The van der Waals surface area contributed by atoms with Crippen LogP contribution >= 0.6 is 0 Å². The number of rotatable bonds is 2. The number of hydrogen-bond acceptors (Lipinski definition) is 4. The van der Waals surface area contributed by atoms with Crippen molar-refractivity contribution >= 4 is 11.8 Å². The molecule has 4 nitrogen and oxygen atoms in total. The molecule has 2 heterocycles. The van der Waals surface area contributed by atoms with E-state index in [0.717, 1.165) is 23.4 Å². The standard InChI is InChI=1S/C20H18N2O2/c1-12-11-23-19(21-12)14-6-4-7-15(9-14)20-22-18-16-8-3-2-5-13(16)10-17(18)24-20/h2-9,12,17-18H,10-11H2,1H3/t12-,17+,18?/m0/s1. The van der Waals surface area contributed by atoms with Crippen LogP contribution in [-0.2, 0) is 15.9 Å². The fraction of sp³-hybridized carbons (Fsp3) is 0.300. The molecule has 0 saturated carbocycles. The van der Waals surface area contributed by atoms with E-state index in [2.05, 4.69) is 42.2 Å². The molecule has 0 spiro atoms. The molecular weight excluding hydrogens is 300 g/mol. The van der Waals surface area contributed by atoms with Gasteiger partial charge >= 0.3 is 0 Å². The molecule has 1 unspecified atom stereocenters. The van der Waals surface area contributed by atoms with Gasteiger partial charge in [0.15, 0.2) is 0 Å². The highest BCUT2D eigenvalue weighted by Crippen LogP contribution is 2.40. The maximum atomic E-state index is 6.16. The van der Waals surface area contributed by atoms with Crippen LogP contribution in [0.25, 0.3) is 0 Å². The van der Waals surface area contributed by atoms with Crippen LogP contribution in [0.4, 0.5) is 0 Å². The first-order valence-electron chi connectivity index (χ1n) is 8.41. The molecule has 2 aromatic carbocycles. The van der Waals surface area contributed by atoms with Gasteiger partial charge < -0.3 is 9.47 Å². The Kier molecular flexibility index (Phi) is 2.98. The molecule has 1 aliphatic carbocycles. The molecule has 120 valence electrons. The monoisotopic (exact) mass is 318 g/mol. The summed E-state index contributed by atoms with van der Waals surface area (Å²) in [6, 6.07) is 17.0. The van der Waals surface area contributed by atoms with E-state index in [0.29, 0.717) is 12.5 Å². The van der Waals surface area contributed by atoms with Crippen LogP contribution in [0.15, 0.2) is 58.5 Å². The Labute approximate surface area is 140 Å². The van der Waals surface area contributed by atoms with E-state index in [-0.39, 0.29) is 18.2 Å². The summed E-state index contributed by atoms with van der Waals surface area (Å²) in [6.45, 7) is 2.71. The van der Waals surface area contributed by atoms with Gasteiger partial charge in [-0.15, -0.1) is 0 Å². The van der Waals surface area contributed by atoms with E-state index in [1.807, 2.05) is 18.2 Å². The lowest BCUT2D eigenvalue weighted by atomic mass is 10.1. The smallest absolute Gasteiger partial charge is 0.217 e. The van der Waals surface area contributed by atoms with Gasteiger partial charge in [0.25, 0.3) is 0 Å². The second-order valence-corrected chi connectivity index (χ2v) is 6.61. The normalized spacial score (nSPS) is 27.0. The van der Waals surface area contributed by atoms with Gasteiger partial charge in [-0.05, 0) is 36.2 Å². The summed E-state index contributed by atoms with van der Waals surface area (Å²) in [7, 11) is 0. The van der Waals surface area contributed by atoms with Crippen molar-refractivity contribution < 1.29 is 9.47 Å². The van der Waals surface area contributed by atoms with Gasteiger partial charge in [0, 0.05) is 17.5 Å². The first-order chi connectivity index (χ1) is 11.8. The molecule has 4 heteroatoms. The van der Waals surface area contributed by atoms with Crippen LogP contribution in [-0.4, -0.2) is 30.5 Å². The van der Waals surface area contributed by atoms with E-state index in [9.17, 15) is 0 Å². The predicted octanol–water partition coefficient (Wildman–Crippen LogP) is 3.29. The highest BCUT2D eigenvalue weighted by molar-refractivity contribution is 6.00. The van der Waals surface area contributed by atoms with Crippen LogP contribution in [0.1, 0.15) is 35.2 Å². The maximum Gasteiger partial charge on any atom is 0.217 e. The number of ether oxygens (including phenoxy) is 2. The lowest BCUT2D eigenvalue weighted by molar-refractivity contribution is 0.206. The number of benzene rings is 2. The number of hydrogen-bond donors (Lipinski definition) is 0. The molecule has 3 atom stereocenters. The van der Waals surface area contributed by atoms with Crippen molar-refractivity contribution in [3.05, 3.63) is 70.8 Å². The zero-order valence-corrected chi connectivity index (χ0v) is 13.5. The van der Waals surface area contributed by atoms with Crippen molar-refractivity contribution in [3.8, 4) is 0 Å². The van der Waals surface area contributed by atoms with Crippen molar-refractivity contribution in [3.63, 3.8) is 0 Å². The van der Waals surface area contributed by atoms with Crippen LogP contribution in [0, 0.1) is 0 Å². The van der Waals surface area contributed by atoms with Crippen LogP contribution in [0.5, 0.6) is 0 Å². The Hall–Kier alpha value is -2.62. The second kappa shape index (κ2) is 5.20. The van der Waals surface area contributed by atoms with Crippen LogP contribution in [0.2, 0.25) is 0 Å². The minimum atomic E-state index is 0.125. The minimum Gasteiger partial charge on any atom is -0.475 e. The van der Waals surface area contributed by atoms with E-state index in [1.54, 1.807) is 0 Å². The predicted molar refractivity (Wildman–Crippen MR) is 92.7 cm³/mol. The van der Waals surface area contributed by atoms with Crippen molar-refractivity contribution in [1.82, 2.24) is 0 Å². The summed E-state index contributed by atoms with van der Waals surface area (Å²) in [5, 5.41) is 0. The zero-order valence-electron chi connectivity index (χ0n) is 13.5. The summed E-state index contributed by atoms with van der Waals surface area (Å²) in [5.74, 6) is 1.45. The topological polar surface area (TPSA) is 43.2 Å². The molecule has 2 aliphatic heterocycles. The van der Waals surface area contributed by atoms with E-state index < -0.39 is 0 Å². The Bertz CT molecular complexity index is 871. The van der Waals surface area contributed by atoms with Crippen molar-refractivity contribution in [2.45, 2.75) is 31.5 Å². The molecule has 0 fully saturated rings. The third-order valence-corrected chi connectivity index (χ3v) is 4.82. The average Bonchev–Trinajstić information content (AvgIpc) is 3.29. The summed E-state index contributed by atoms with van der Waals surface area (Å²) in [6.07, 6.45) is 1.06. The second-order valence-electron chi connectivity index (χ2n) is 6.61. The van der Waals surface area contributed by atoms with Crippen molar-refractivity contribution in [2.75, 3.05) is 6.61 Å². The van der Waals surface area contributed by atoms with Gasteiger partial charge in [-0.3, -0.25) is 0 Å². The van der Waals surface area contributed by atoms with E-state index in [4.69, 9.17) is 14.5 Å². The van der Waals surface area contributed by atoms with Crippen LogP contribution in [0.3, 0.4) is 0 Å². The van der Waals surface area contributed by atoms with Crippen LogP contribution < -0.4 is 0 Å². The molecule has 0 N–H and O–H groups in total. The Balaban J connectivity index is 1.47. The highest BCUT2D eigenvalue weighted by Gasteiger charge is 2.39. The number of fused-ring (bicyclic) bond motifs is 3. The molecule has 0 amide bonds. The van der Waals surface area contributed by atoms with Gasteiger partial charge in [0.05, 0.1) is 6.04 Å². The molecular formula is C20H18N2O2. The Morgan fingerprint density at radius 1 is 0.958 bits per heavy atom. The van der Waals surface area contributed by atoms with Crippen molar-refractivity contribution in [2.24, 2.45) is 9.98 Å². The van der Waals surface area contributed by atoms with Crippen molar-refractivity contribution in [1.29, 1.82) is 0 Å². The fourth-order valence-electron chi connectivity index (χ4n) is 3.66. The molecule has 0 bridgehead atoms. The number of nitrogens with zero attached hydrogens (tertiary/aromatic N) is 2. The summed E-state index contributed by atoms with van der Waals surface area (Å²) >= 11 is 0. The SMILES string of the molecule is C[C@H]1COC(c2cccc(C3=NC4c5ccccc5C[C@H]4O3)c2)=N1. The average molecular weight is 318 g/mol. The lowest BCUT2D eigenvalue weighted by Crippen LogP contribution is -2.14. The Morgan fingerprint density at radius 2 is 1.79 bits per heavy atom. The summed E-state index contributed by atoms with van der Waals surface area (Å²) in [4.78, 5) is 9.39. The Morgan fingerprint density at radius 3 is 2.62 bits per heavy atom. The summed E-state index contributed by atoms with van der Waals surface area (Å²) < 4.78 is 11.8. The van der Waals surface area contributed by atoms with Gasteiger partial charge in [0.2, 0.25) is 11.8 Å². The largest absolute Gasteiger partial charge is 0.475 e. The first kappa shape index (κ1) is 13.8. The molecule has 0 aromatic heterocycles. The molecule has 0 radical (unpaired) electrons. The fourth-order valence-corrected chi connectivity index (χ4v) is 3.66. The quantitative estimate of drug-likeness (QED) is 0.853. The molecule has 24 heavy (non-hydrogen) atoms. The highest BCUT2D eigenvalue weighted by atomic mass is 16.5. The minimum absolute atomic E-state index is 0.125. The molecule has 2 aromatic rings. The number of aliphatic imine (C=N–C) groups is 2. The zero-order chi connectivity index (χ0) is 16.1. The summed E-state index contributed by atoms with van der Waals surface area (Å²) in [5.41, 5.74) is 4.63. The molecule has 5 rings (SSSR count). The van der Waals surface area contributed by atoms with E-state index >= 15 is 0 Å². The molecule has 0 saturated heterocycles. The van der Waals surface area contributed by atoms with E-state index in [1.165, 1.54) is 11.1 Å². The third kappa shape index (κ3) is 2.13. The van der Waals surface area contributed by atoms with Gasteiger partial charge in [-0.25, -0.2) is 9.98 Å². The van der Waals surface area contributed by atoms with Gasteiger partial charge in [-0.2, -0.15) is 0 Å². The lowest BCUT2D eigenvalue weighted by Gasteiger charge is -2.09. The maximum absolute atomic E-state index is 6.16.